The number of hydrogen-bond donors (Lipinski definition) is 1. The Hall–Kier alpha value is -0.830. The van der Waals surface area contributed by atoms with Crippen LogP contribution in [0.5, 0.6) is 0 Å². The fourth-order valence-electron chi connectivity index (χ4n) is 1.80. The van der Waals surface area contributed by atoms with Crippen LogP contribution in [0, 0.1) is 0 Å². The summed E-state index contributed by atoms with van der Waals surface area (Å²) in [6.45, 7) is 0. The summed E-state index contributed by atoms with van der Waals surface area (Å²) >= 11 is 0. The van der Waals surface area contributed by atoms with Gasteiger partial charge in [0, 0.05) is 24.5 Å². The van der Waals surface area contributed by atoms with E-state index in [1.807, 2.05) is 18.7 Å². The van der Waals surface area contributed by atoms with E-state index >= 15 is 0 Å². The highest BCUT2D eigenvalue weighted by atomic mass is 15.1. The Bertz CT molecular complexity index is 217. The van der Waals surface area contributed by atoms with Crippen molar-refractivity contribution >= 4 is 0 Å². The molecule has 1 aromatic heterocycles. The predicted molar refractivity (Wildman–Crippen MR) is 43.1 cm³/mol. The van der Waals surface area contributed by atoms with Gasteiger partial charge < -0.3 is 10.3 Å². The number of imidazole rings is 1. The highest BCUT2D eigenvalue weighted by Gasteiger charge is 2.24. The van der Waals surface area contributed by atoms with E-state index in [1.165, 1.54) is 12.8 Å². The van der Waals surface area contributed by atoms with Gasteiger partial charge in [0.05, 0.1) is 6.33 Å². The second-order valence-electron chi connectivity index (χ2n) is 3.17. The summed E-state index contributed by atoms with van der Waals surface area (Å²) in [5.74, 6) is 0. The summed E-state index contributed by atoms with van der Waals surface area (Å²) in [4.78, 5) is 4.01. The standard InChI is InChI=1S/C8H13N3/c9-7-2-1-3-8(7)11-5-4-10-6-11/h4-8H,1-3,9H2/t7-,8+/m1/s1. The van der Waals surface area contributed by atoms with Gasteiger partial charge in [-0.05, 0) is 19.3 Å². The number of nitrogens with zero attached hydrogens (tertiary/aromatic N) is 2. The van der Waals surface area contributed by atoms with Crippen molar-refractivity contribution in [3.63, 3.8) is 0 Å². The smallest absolute Gasteiger partial charge is 0.0949 e. The lowest BCUT2D eigenvalue weighted by Crippen LogP contribution is -2.26. The van der Waals surface area contributed by atoms with Crippen molar-refractivity contribution in [1.82, 2.24) is 9.55 Å². The topological polar surface area (TPSA) is 43.8 Å². The first-order valence-electron chi connectivity index (χ1n) is 4.11. The first-order chi connectivity index (χ1) is 5.38. The first kappa shape index (κ1) is 6.85. The van der Waals surface area contributed by atoms with Crippen LogP contribution in [-0.2, 0) is 0 Å². The molecule has 1 aromatic rings. The van der Waals surface area contributed by atoms with Crippen molar-refractivity contribution in [2.24, 2.45) is 5.73 Å². The molecule has 1 aliphatic carbocycles. The Morgan fingerprint density at radius 1 is 1.45 bits per heavy atom. The molecule has 2 atom stereocenters. The summed E-state index contributed by atoms with van der Waals surface area (Å²) in [7, 11) is 0. The monoisotopic (exact) mass is 151 g/mol. The molecule has 0 radical (unpaired) electrons. The number of aromatic nitrogens is 2. The molecule has 0 bridgehead atoms. The minimum Gasteiger partial charge on any atom is -0.333 e. The summed E-state index contributed by atoms with van der Waals surface area (Å²) in [6, 6.07) is 0.835. The number of hydrogen-bond acceptors (Lipinski definition) is 2. The molecule has 0 amide bonds. The third-order valence-electron chi connectivity index (χ3n) is 2.44. The molecular formula is C8H13N3. The zero-order chi connectivity index (χ0) is 7.68. The molecule has 0 aliphatic heterocycles. The van der Waals surface area contributed by atoms with Crippen LogP contribution < -0.4 is 5.73 Å². The van der Waals surface area contributed by atoms with Gasteiger partial charge in [-0.1, -0.05) is 0 Å². The van der Waals surface area contributed by atoms with E-state index < -0.39 is 0 Å². The number of rotatable bonds is 1. The van der Waals surface area contributed by atoms with Crippen molar-refractivity contribution in [2.45, 2.75) is 31.3 Å². The maximum absolute atomic E-state index is 5.92. The Balaban J connectivity index is 2.16. The summed E-state index contributed by atoms with van der Waals surface area (Å²) in [5, 5.41) is 0. The van der Waals surface area contributed by atoms with Crippen molar-refractivity contribution in [3.8, 4) is 0 Å². The van der Waals surface area contributed by atoms with Crippen LogP contribution in [0.4, 0.5) is 0 Å². The van der Waals surface area contributed by atoms with Crippen LogP contribution in [0.15, 0.2) is 18.7 Å². The molecule has 1 heterocycles. The highest BCUT2D eigenvalue weighted by molar-refractivity contribution is 4.89. The molecule has 3 nitrogen and oxygen atoms in total. The predicted octanol–water partition coefficient (Wildman–Crippen LogP) is 0.935. The molecule has 1 fully saturated rings. The molecule has 3 heteroatoms. The molecule has 2 N–H and O–H groups in total. The lowest BCUT2D eigenvalue weighted by molar-refractivity contribution is 0.462. The van der Waals surface area contributed by atoms with E-state index in [9.17, 15) is 0 Å². The Morgan fingerprint density at radius 3 is 2.91 bits per heavy atom. The largest absolute Gasteiger partial charge is 0.333 e. The number of nitrogens with two attached hydrogens (primary N) is 1. The third-order valence-corrected chi connectivity index (χ3v) is 2.44. The van der Waals surface area contributed by atoms with Gasteiger partial charge in [0.25, 0.3) is 0 Å². The Labute approximate surface area is 66.2 Å². The summed E-state index contributed by atoms with van der Waals surface area (Å²) < 4.78 is 2.12. The van der Waals surface area contributed by atoms with Crippen LogP contribution in [0.25, 0.3) is 0 Å². The van der Waals surface area contributed by atoms with Gasteiger partial charge in [0.1, 0.15) is 0 Å². The van der Waals surface area contributed by atoms with Crippen LogP contribution >= 0.6 is 0 Å². The van der Waals surface area contributed by atoms with Gasteiger partial charge in [-0.3, -0.25) is 0 Å². The SMILES string of the molecule is N[C@@H]1CCC[C@@H]1n1ccnc1. The zero-order valence-corrected chi connectivity index (χ0v) is 6.48. The van der Waals surface area contributed by atoms with Gasteiger partial charge in [-0.2, -0.15) is 0 Å². The fraction of sp³-hybridized carbons (Fsp3) is 0.625. The highest BCUT2D eigenvalue weighted by Crippen LogP contribution is 2.27. The van der Waals surface area contributed by atoms with E-state index in [-0.39, 0.29) is 0 Å². The van der Waals surface area contributed by atoms with Crippen molar-refractivity contribution in [3.05, 3.63) is 18.7 Å². The summed E-state index contributed by atoms with van der Waals surface area (Å²) in [5.41, 5.74) is 5.92. The minimum atomic E-state index is 0.337. The van der Waals surface area contributed by atoms with E-state index in [0.717, 1.165) is 6.42 Å². The molecule has 0 spiro atoms. The maximum atomic E-state index is 5.92. The second-order valence-corrected chi connectivity index (χ2v) is 3.17. The average Bonchev–Trinajstić information content (AvgIpc) is 2.55. The molecule has 0 aromatic carbocycles. The first-order valence-corrected chi connectivity index (χ1v) is 4.11. The molecule has 0 unspecified atom stereocenters. The lowest BCUT2D eigenvalue weighted by Gasteiger charge is -2.15. The minimum absolute atomic E-state index is 0.337. The molecule has 1 aliphatic rings. The van der Waals surface area contributed by atoms with Crippen molar-refractivity contribution in [2.75, 3.05) is 0 Å². The average molecular weight is 151 g/mol. The van der Waals surface area contributed by atoms with Gasteiger partial charge >= 0.3 is 0 Å². The lowest BCUT2D eigenvalue weighted by atomic mass is 10.2. The van der Waals surface area contributed by atoms with Crippen LogP contribution in [-0.4, -0.2) is 15.6 Å². The molecule has 0 saturated heterocycles. The zero-order valence-electron chi connectivity index (χ0n) is 6.48. The molecular weight excluding hydrogens is 138 g/mol. The van der Waals surface area contributed by atoms with Crippen LogP contribution in [0.2, 0.25) is 0 Å². The van der Waals surface area contributed by atoms with E-state index in [0.29, 0.717) is 12.1 Å². The quantitative estimate of drug-likeness (QED) is 0.649. The molecule has 60 valence electrons. The van der Waals surface area contributed by atoms with Crippen molar-refractivity contribution < 1.29 is 0 Å². The van der Waals surface area contributed by atoms with E-state index in [4.69, 9.17) is 5.73 Å². The normalized spacial score (nSPS) is 31.0. The van der Waals surface area contributed by atoms with Gasteiger partial charge in [-0.25, -0.2) is 4.98 Å². The van der Waals surface area contributed by atoms with Crippen molar-refractivity contribution in [1.29, 1.82) is 0 Å². The van der Waals surface area contributed by atoms with E-state index in [1.54, 1.807) is 0 Å². The Morgan fingerprint density at radius 2 is 2.36 bits per heavy atom. The van der Waals surface area contributed by atoms with Gasteiger partial charge in [-0.15, -0.1) is 0 Å². The molecule has 2 rings (SSSR count). The summed E-state index contributed by atoms with van der Waals surface area (Å²) in [6.07, 6.45) is 9.28. The maximum Gasteiger partial charge on any atom is 0.0949 e. The fourth-order valence-corrected chi connectivity index (χ4v) is 1.80. The Kier molecular flexibility index (Phi) is 1.66. The molecule has 1 saturated carbocycles. The molecule has 11 heavy (non-hydrogen) atoms. The van der Waals surface area contributed by atoms with Crippen LogP contribution in [0.3, 0.4) is 0 Å². The van der Waals surface area contributed by atoms with Gasteiger partial charge in [0.2, 0.25) is 0 Å². The third kappa shape index (κ3) is 1.16. The second kappa shape index (κ2) is 2.66. The van der Waals surface area contributed by atoms with Gasteiger partial charge in [0.15, 0.2) is 0 Å². The van der Waals surface area contributed by atoms with E-state index in [2.05, 4.69) is 9.55 Å². The van der Waals surface area contributed by atoms with Crippen LogP contribution in [0.1, 0.15) is 25.3 Å².